The Bertz CT molecular complexity index is 624. The zero-order chi connectivity index (χ0) is 15.4. The van der Waals surface area contributed by atoms with Crippen molar-refractivity contribution in [2.24, 2.45) is 0 Å². The van der Waals surface area contributed by atoms with Gasteiger partial charge in [-0.1, -0.05) is 37.6 Å². The van der Waals surface area contributed by atoms with E-state index in [4.69, 9.17) is 11.6 Å². The zero-order valence-corrected chi connectivity index (χ0v) is 14.0. The van der Waals surface area contributed by atoms with Gasteiger partial charge < -0.3 is 5.32 Å². The minimum atomic E-state index is -0.0700. The van der Waals surface area contributed by atoms with Crippen molar-refractivity contribution in [1.29, 1.82) is 0 Å². The molecule has 2 rings (SSSR count). The van der Waals surface area contributed by atoms with Crippen LogP contribution >= 0.6 is 22.9 Å². The molecule has 1 heterocycles. The predicted octanol–water partition coefficient (Wildman–Crippen LogP) is 4.34. The Labute approximate surface area is 134 Å². The lowest BCUT2D eigenvalue weighted by molar-refractivity contribution is -0.121. The number of benzene rings is 1. The van der Waals surface area contributed by atoms with Crippen LogP contribution in [0.15, 0.2) is 29.6 Å². The molecule has 0 bridgehead atoms. The smallest absolute Gasteiger partial charge is 0.226 e. The van der Waals surface area contributed by atoms with Crippen molar-refractivity contribution in [3.8, 4) is 0 Å². The second-order valence-electron chi connectivity index (χ2n) is 5.35. The van der Waals surface area contributed by atoms with E-state index in [1.807, 2.05) is 36.6 Å². The summed E-state index contributed by atoms with van der Waals surface area (Å²) in [5, 5.41) is 6.68. The fourth-order valence-corrected chi connectivity index (χ4v) is 3.02. The van der Waals surface area contributed by atoms with Crippen LogP contribution in [0.25, 0.3) is 0 Å². The van der Waals surface area contributed by atoms with E-state index < -0.39 is 0 Å². The first kappa shape index (κ1) is 16.0. The normalized spacial score (nSPS) is 12.4. The minimum Gasteiger partial charge on any atom is -0.349 e. The standard InChI is InChI=1S/C16H19ClN2OS/c1-10(2)16-19-14(9-21-16)8-15(20)18-11(3)12-5-4-6-13(17)7-12/h4-7,9-11H,8H2,1-3H3,(H,18,20). The van der Waals surface area contributed by atoms with Crippen LogP contribution in [0.1, 0.15) is 49.0 Å². The molecule has 1 amide bonds. The largest absolute Gasteiger partial charge is 0.349 e. The number of hydrogen-bond acceptors (Lipinski definition) is 3. The van der Waals surface area contributed by atoms with Crippen LogP contribution in [0.4, 0.5) is 0 Å². The zero-order valence-electron chi connectivity index (χ0n) is 12.4. The van der Waals surface area contributed by atoms with Gasteiger partial charge >= 0.3 is 0 Å². The van der Waals surface area contributed by atoms with E-state index in [1.54, 1.807) is 11.3 Å². The average Bonchev–Trinajstić information content (AvgIpc) is 2.87. The van der Waals surface area contributed by atoms with E-state index in [1.165, 1.54) is 0 Å². The quantitative estimate of drug-likeness (QED) is 0.889. The number of hydrogen-bond donors (Lipinski definition) is 1. The molecule has 0 aliphatic heterocycles. The van der Waals surface area contributed by atoms with Crippen LogP contribution in [0.3, 0.4) is 0 Å². The van der Waals surface area contributed by atoms with Crippen molar-refractivity contribution >= 4 is 28.8 Å². The maximum Gasteiger partial charge on any atom is 0.226 e. The summed E-state index contributed by atoms with van der Waals surface area (Å²) < 4.78 is 0. The lowest BCUT2D eigenvalue weighted by Gasteiger charge is -2.14. The summed E-state index contributed by atoms with van der Waals surface area (Å²) in [6.45, 7) is 6.15. The molecule has 0 spiro atoms. The van der Waals surface area contributed by atoms with Crippen molar-refractivity contribution < 1.29 is 4.79 Å². The predicted molar refractivity (Wildman–Crippen MR) is 87.9 cm³/mol. The molecule has 1 atom stereocenters. The second-order valence-corrected chi connectivity index (χ2v) is 6.68. The molecule has 21 heavy (non-hydrogen) atoms. The highest BCUT2D eigenvalue weighted by molar-refractivity contribution is 7.09. The Morgan fingerprint density at radius 1 is 1.38 bits per heavy atom. The summed E-state index contributed by atoms with van der Waals surface area (Å²) in [5.41, 5.74) is 1.83. The van der Waals surface area contributed by atoms with Gasteiger partial charge in [0.15, 0.2) is 0 Å². The van der Waals surface area contributed by atoms with Crippen LogP contribution in [-0.2, 0) is 11.2 Å². The second kappa shape index (κ2) is 7.05. The van der Waals surface area contributed by atoms with Crippen molar-refractivity contribution in [2.75, 3.05) is 0 Å². The van der Waals surface area contributed by atoms with Gasteiger partial charge in [0.1, 0.15) is 0 Å². The third-order valence-electron chi connectivity index (χ3n) is 3.13. The van der Waals surface area contributed by atoms with E-state index in [-0.39, 0.29) is 11.9 Å². The van der Waals surface area contributed by atoms with Gasteiger partial charge in [-0.15, -0.1) is 11.3 Å². The molecule has 1 unspecified atom stereocenters. The first-order chi connectivity index (χ1) is 9.95. The molecule has 1 aromatic carbocycles. The van der Waals surface area contributed by atoms with Crippen LogP contribution < -0.4 is 5.32 Å². The average molecular weight is 323 g/mol. The Kier molecular flexibility index (Phi) is 5.37. The molecule has 3 nitrogen and oxygen atoms in total. The minimum absolute atomic E-state index is 0.0249. The molecule has 0 radical (unpaired) electrons. The Hall–Kier alpha value is -1.39. The van der Waals surface area contributed by atoms with Gasteiger partial charge in [0.2, 0.25) is 5.91 Å². The third kappa shape index (κ3) is 4.55. The summed E-state index contributed by atoms with van der Waals surface area (Å²) in [5.74, 6) is 0.375. The Morgan fingerprint density at radius 3 is 2.76 bits per heavy atom. The van der Waals surface area contributed by atoms with Crippen molar-refractivity contribution in [2.45, 2.75) is 39.2 Å². The molecule has 0 fully saturated rings. The molecule has 0 aliphatic carbocycles. The topological polar surface area (TPSA) is 42.0 Å². The fraction of sp³-hybridized carbons (Fsp3) is 0.375. The van der Waals surface area contributed by atoms with Gasteiger partial charge in [0.25, 0.3) is 0 Å². The number of nitrogens with one attached hydrogen (secondary N) is 1. The maximum atomic E-state index is 12.1. The van der Waals surface area contributed by atoms with E-state index in [9.17, 15) is 4.79 Å². The summed E-state index contributed by atoms with van der Waals surface area (Å²) in [7, 11) is 0. The molecular formula is C16H19ClN2OS. The molecule has 0 saturated carbocycles. The van der Waals surface area contributed by atoms with Gasteiger partial charge in [-0.3, -0.25) is 4.79 Å². The number of amides is 1. The SMILES string of the molecule is CC(C)c1nc(CC(=O)NC(C)c2cccc(Cl)c2)cs1. The first-order valence-corrected chi connectivity index (χ1v) is 8.20. The van der Waals surface area contributed by atoms with Crippen LogP contribution in [-0.4, -0.2) is 10.9 Å². The van der Waals surface area contributed by atoms with E-state index in [2.05, 4.69) is 24.1 Å². The number of aromatic nitrogens is 1. The monoisotopic (exact) mass is 322 g/mol. The third-order valence-corrected chi connectivity index (χ3v) is 4.56. The number of rotatable bonds is 5. The molecule has 0 saturated heterocycles. The van der Waals surface area contributed by atoms with Crippen molar-refractivity contribution in [3.05, 3.63) is 50.9 Å². The van der Waals surface area contributed by atoms with Gasteiger partial charge in [-0.2, -0.15) is 0 Å². The number of thiazole rings is 1. The van der Waals surface area contributed by atoms with E-state index in [0.29, 0.717) is 17.4 Å². The lowest BCUT2D eigenvalue weighted by Crippen LogP contribution is -2.28. The molecule has 1 aromatic heterocycles. The van der Waals surface area contributed by atoms with Crippen LogP contribution in [0.2, 0.25) is 5.02 Å². The first-order valence-electron chi connectivity index (χ1n) is 6.95. The summed E-state index contributed by atoms with van der Waals surface area (Å²) >= 11 is 7.57. The van der Waals surface area contributed by atoms with E-state index in [0.717, 1.165) is 16.3 Å². The lowest BCUT2D eigenvalue weighted by atomic mass is 10.1. The molecule has 1 N–H and O–H groups in total. The Morgan fingerprint density at radius 2 is 2.14 bits per heavy atom. The van der Waals surface area contributed by atoms with E-state index >= 15 is 0 Å². The molecule has 112 valence electrons. The molecule has 2 aromatic rings. The highest BCUT2D eigenvalue weighted by atomic mass is 35.5. The van der Waals surface area contributed by atoms with Crippen LogP contribution in [0.5, 0.6) is 0 Å². The van der Waals surface area contributed by atoms with Gasteiger partial charge in [-0.05, 0) is 24.6 Å². The maximum absolute atomic E-state index is 12.1. The fourth-order valence-electron chi connectivity index (χ4n) is 1.99. The molecule has 5 heteroatoms. The van der Waals surface area contributed by atoms with Gasteiger partial charge in [0.05, 0.1) is 23.2 Å². The van der Waals surface area contributed by atoms with Gasteiger partial charge in [-0.25, -0.2) is 4.98 Å². The highest BCUT2D eigenvalue weighted by Crippen LogP contribution is 2.20. The summed E-state index contributed by atoms with van der Waals surface area (Å²) in [6, 6.07) is 7.46. The number of carbonyl (C=O) groups excluding carboxylic acids is 1. The molecular weight excluding hydrogens is 304 g/mol. The highest BCUT2D eigenvalue weighted by Gasteiger charge is 2.13. The summed E-state index contributed by atoms with van der Waals surface area (Å²) in [6.07, 6.45) is 0.314. The number of carbonyl (C=O) groups is 1. The van der Waals surface area contributed by atoms with Gasteiger partial charge in [0, 0.05) is 16.3 Å². The van der Waals surface area contributed by atoms with Crippen LogP contribution in [0, 0.1) is 0 Å². The molecule has 0 aliphatic rings. The number of halogens is 1. The summed E-state index contributed by atoms with van der Waals surface area (Å²) in [4.78, 5) is 16.6. The number of nitrogens with zero attached hydrogens (tertiary/aromatic N) is 1. The Balaban J connectivity index is 1.94. The van der Waals surface area contributed by atoms with Crippen molar-refractivity contribution in [3.63, 3.8) is 0 Å². The van der Waals surface area contributed by atoms with Crippen molar-refractivity contribution in [1.82, 2.24) is 10.3 Å².